The van der Waals surface area contributed by atoms with E-state index >= 15 is 0 Å². The SMILES string of the molecule is CN(C(=O)CCc1cnn(C)c1)C1CC2CCC(C1)N2. The van der Waals surface area contributed by atoms with Crippen molar-refractivity contribution in [3.05, 3.63) is 18.0 Å². The minimum absolute atomic E-state index is 0.264. The number of carbonyl (C=O) groups is 1. The van der Waals surface area contributed by atoms with Gasteiger partial charge in [0.05, 0.1) is 6.20 Å². The van der Waals surface area contributed by atoms with E-state index < -0.39 is 0 Å². The molecular formula is C15H24N4O. The molecule has 2 aliphatic rings. The molecule has 1 amide bonds. The molecule has 3 heterocycles. The molecule has 1 aromatic rings. The third-order valence-electron chi connectivity index (χ3n) is 4.78. The summed E-state index contributed by atoms with van der Waals surface area (Å²) in [5.74, 6) is 0.264. The summed E-state index contributed by atoms with van der Waals surface area (Å²) >= 11 is 0. The van der Waals surface area contributed by atoms with Crippen molar-refractivity contribution in [3.63, 3.8) is 0 Å². The monoisotopic (exact) mass is 276 g/mol. The number of nitrogens with one attached hydrogen (secondary N) is 1. The number of hydrogen-bond donors (Lipinski definition) is 1. The molecule has 0 aliphatic carbocycles. The van der Waals surface area contributed by atoms with Gasteiger partial charge in [0, 0.05) is 44.8 Å². The lowest BCUT2D eigenvalue weighted by Crippen LogP contribution is -2.48. The Morgan fingerprint density at radius 2 is 2.15 bits per heavy atom. The molecule has 0 spiro atoms. The smallest absolute Gasteiger partial charge is 0.222 e. The number of nitrogens with zero attached hydrogens (tertiary/aromatic N) is 3. The van der Waals surface area contributed by atoms with Gasteiger partial charge in [-0.05, 0) is 37.7 Å². The predicted molar refractivity (Wildman–Crippen MR) is 77.3 cm³/mol. The van der Waals surface area contributed by atoms with Crippen LogP contribution in [0.2, 0.25) is 0 Å². The van der Waals surface area contributed by atoms with E-state index in [2.05, 4.69) is 10.4 Å². The fourth-order valence-electron chi connectivity index (χ4n) is 3.58. The highest BCUT2D eigenvalue weighted by Gasteiger charge is 2.36. The molecule has 2 fully saturated rings. The molecule has 1 N–H and O–H groups in total. The van der Waals surface area contributed by atoms with Crippen LogP contribution in [-0.4, -0.2) is 45.8 Å². The number of hydrogen-bond acceptors (Lipinski definition) is 3. The van der Waals surface area contributed by atoms with Crippen LogP contribution >= 0.6 is 0 Å². The molecular weight excluding hydrogens is 252 g/mol. The summed E-state index contributed by atoms with van der Waals surface area (Å²) in [7, 11) is 3.88. The first kappa shape index (κ1) is 13.6. The Labute approximate surface area is 120 Å². The fourth-order valence-corrected chi connectivity index (χ4v) is 3.58. The summed E-state index contributed by atoms with van der Waals surface area (Å²) in [4.78, 5) is 14.3. The number of fused-ring (bicyclic) bond motifs is 2. The number of carbonyl (C=O) groups excluding carboxylic acids is 1. The van der Waals surface area contributed by atoms with E-state index in [0.29, 0.717) is 24.5 Å². The zero-order valence-electron chi connectivity index (χ0n) is 12.4. The number of aryl methyl sites for hydroxylation is 2. The van der Waals surface area contributed by atoms with Crippen LogP contribution in [0.4, 0.5) is 0 Å². The molecule has 5 heteroatoms. The van der Waals surface area contributed by atoms with Crippen LogP contribution in [0.3, 0.4) is 0 Å². The lowest BCUT2D eigenvalue weighted by Gasteiger charge is -2.35. The standard InChI is InChI=1S/C15H24N4O/c1-18-10-11(9-16-18)3-6-15(20)19(2)14-7-12-4-5-13(8-14)17-12/h9-10,12-14,17H,3-8H2,1-2H3. The molecule has 0 radical (unpaired) electrons. The van der Waals surface area contributed by atoms with E-state index in [1.54, 1.807) is 4.68 Å². The number of piperidine rings is 1. The van der Waals surface area contributed by atoms with Crippen LogP contribution in [0.25, 0.3) is 0 Å². The fraction of sp³-hybridized carbons (Fsp3) is 0.733. The van der Waals surface area contributed by atoms with Crippen LogP contribution < -0.4 is 5.32 Å². The minimum Gasteiger partial charge on any atom is -0.343 e. The van der Waals surface area contributed by atoms with E-state index in [0.717, 1.165) is 24.8 Å². The van der Waals surface area contributed by atoms with Gasteiger partial charge >= 0.3 is 0 Å². The summed E-state index contributed by atoms with van der Waals surface area (Å²) in [5, 5.41) is 7.77. The van der Waals surface area contributed by atoms with E-state index in [-0.39, 0.29) is 5.91 Å². The lowest BCUT2D eigenvalue weighted by molar-refractivity contribution is -0.132. The Morgan fingerprint density at radius 3 is 2.75 bits per heavy atom. The largest absolute Gasteiger partial charge is 0.343 e. The molecule has 1 aromatic heterocycles. The summed E-state index contributed by atoms with van der Waals surface area (Å²) in [5.41, 5.74) is 1.14. The summed E-state index contributed by atoms with van der Waals surface area (Å²) < 4.78 is 1.79. The molecule has 0 saturated carbocycles. The first-order chi connectivity index (χ1) is 9.61. The van der Waals surface area contributed by atoms with Crippen molar-refractivity contribution in [3.8, 4) is 0 Å². The highest BCUT2D eigenvalue weighted by atomic mass is 16.2. The molecule has 5 nitrogen and oxygen atoms in total. The van der Waals surface area contributed by atoms with E-state index in [4.69, 9.17) is 0 Å². The van der Waals surface area contributed by atoms with Gasteiger partial charge in [-0.3, -0.25) is 9.48 Å². The Hall–Kier alpha value is -1.36. The first-order valence-corrected chi connectivity index (χ1v) is 7.61. The molecule has 0 aromatic carbocycles. The lowest BCUT2D eigenvalue weighted by atomic mass is 9.98. The van der Waals surface area contributed by atoms with Crippen molar-refractivity contribution in [2.24, 2.45) is 7.05 Å². The van der Waals surface area contributed by atoms with Gasteiger partial charge in [0.1, 0.15) is 0 Å². The van der Waals surface area contributed by atoms with Crippen molar-refractivity contribution < 1.29 is 4.79 Å². The Kier molecular flexibility index (Phi) is 3.78. The maximum atomic E-state index is 12.3. The van der Waals surface area contributed by atoms with Crippen molar-refractivity contribution >= 4 is 5.91 Å². The van der Waals surface area contributed by atoms with E-state index in [1.165, 1.54) is 12.8 Å². The zero-order valence-corrected chi connectivity index (χ0v) is 12.4. The van der Waals surface area contributed by atoms with Crippen LogP contribution in [0.15, 0.2) is 12.4 Å². The van der Waals surface area contributed by atoms with Gasteiger partial charge in [0.2, 0.25) is 5.91 Å². The molecule has 20 heavy (non-hydrogen) atoms. The van der Waals surface area contributed by atoms with Gasteiger partial charge < -0.3 is 10.2 Å². The summed E-state index contributed by atoms with van der Waals surface area (Å²) in [6.45, 7) is 0. The van der Waals surface area contributed by atoms with Gasteiger partial charge in [-0.15, -0.1) is 0 Å². The van der Waals surface area contributed by atoms with Gasteiger partial charge in [-0.25, -0.2) is 0 Å². The summed E-state index contributed by atoms with van der Waals surface area (Å²) in [6, 6.07) is 1.69. The molecule has 110 valence electrons. The highest BCUT2D eigenvalue weighted by molar-refractivity contribution is 5.76. The predicted octanol–water partition coefficient (Wildman–Crippen LogP) is 1.09. The second kappa shape index (κ2) is 5.56. The average Bonchev–Trinajstić information content (AvgIpc) is 3.01. The summed E-state index contributed by atoms with van der Waals surface area (Å²) in [6.07, 6.45) is 9.99. The molecule has 2 unspecified atom stereocenters. The normalized spacial score (nSPS) is 28.6. The van der Waals surface area contributed by atoms with Gasteiger partial charge in [-0.2, -0.15) is 5.10 Å². The zero-order chi connectivity index (χ0) is 14.1. The maximum absolute atomic E-state index is 12.3. The van der Waals surface area contributed by atoms with Crippen molar-refractivity contribution in [1.29, 1.82) is 0 Å². The maximum Gasteiger partial charge on any atom is 0.222 e. The Morgan fingerprint density at radius 1 is 1.45 bits per heavy atom. The van der Waals surface area contributed by atoms with Gasteiger partial charge in [0.15, 0.2) is 0 Å². The Balaban J connectivity index is 1.51. The Bertz CT molecular complexity index is 472. The highest BCUT2D eigenvalue weighted by Crippen LogP contribution is 2.29. The minimum atomic E-state index is 0.264. The molecule has 2 aliphatic heterocycles. The van der Waals surface area contributed by atoms with Crippen molar-refractivity contribution in [2.45, 2.75) is 56.7 Å². The van der Waals surface area contributed by atoms with E-state index in [1.807, 2.05) is 31.4 Å². The molecule has 2 saturated heterocycles. The van der Waals surface area contributed by atoms with Crippen LogP contribution in [0, 0.1) is 0 Å². The molecule has 2 bridgehead atoms. The molecule has 3 rings (SSSR count). The number of amides is 1. The number of rotatable bonds is 4. The van der Waals surface area contributed by atoms with Gasteiger partial charge in [0.25, 0.3) is 0 Å². The van der Waals surface area contributed by atoms with Crippen LogP contribution in [0.1, 0.15) is 37.7 Å². The third kappa shape index (κ3) is 2.87. The third-order valence-corrected chi connectivity index (χ3v) is 4.78. The van der Waals surface area contributed by atoms with Gasteiger partial charge in [-0.1, -0.05) is 0 Å². The van der Waals surface area contributed by atoms with Crippen LogP contribution in [-0.2, 0) is 18.3 Å². The molecule has 2 atom stereocenters. The number of aromatic nitrogens is 2. The quantitative estimate of drug-likeness (QED) is 0.896. The topological polar surface area (TPSA) is 50.2 Å². The van der Waals surface area contributed by atoms with E-state index in [9.17, 15) is 4.79 Å². The first-order valence-electron chi connectivity index (χ1n) is 7.61. The average molecular weight is 276 g/mol. The van der Waals surface area contributed by atoms with Crippen molar-refractivity contribution in [1.82, 2.24) is 20.0 Å². The van der Waals surface area contributed by atoms with Crippen molar-refractivity contribution in [2.75, 3.05) is 7.05 Å². The van der Waals surface area contributed by atoms with Crippen LogP contribution in [0.5, 0.6) is 0 Å². The second-order valence-electron chi connectivity index (χ2n) is 6.29. The second-order valence-corrected chi connectivity index (χ2v) is 6.29.